The molecule has 6 nitrogen and oxygen atoms in total. The van der Waals surface area contributed by atoms with Crippen LogP contribution in [0.2, 0.25) is 0 Å². The molecular formula is C14H19N3O3. The van der Waals surface area contributed by atoms with Crippen LogP contribution in [0.3, 0.4) is 0 Å². The molecule has 1 aromatic rings. The zero-order valence-electron chi connectivity index (χ0n) is 11.2. The maximum atomic E-state index is 11.3. The second-order valence-electron chi connectivity index (χ2n) is 4.96. The lowest BCUT2D eigenvalue weighted by Gasteiger charge is -2.22. The van der Waals surface area contributed by atoms with Gasteiger partial charge < -0.3 is 21.5 Å². The number of nitrogens with one attached hydrogen (secondary N) is 1. The number of carbonyl (C=O) groups excluding carboxylic acids is 2. The number of benzene rings is 1. The summed E-state index contributed by atoms with van der Waals surface area (Å²) in [6, 6.07) is 4.67. The Balaban J connectivity index is 2.09. The molecule has 20 heavy (non-hydrogen) atoms. The van der Waals surface area contributed by atoms with Crippen molar-refractivity contribution in [3.63, 3.8) is 0 Å². The number of ether oxygens (including phenoxy) is 1. The van der Waals surface area contributed by atoms with E-state index in [4.69, 9.17) is 16.2 Å². The van der Waals surface area contributed by atoms with Gasteiger partial charge in [-0.25, -0.2) is 0 Å². The van der Waals surface area contributed by atoms with Crippen molar-refractivity contribution in [1.29, 1.82) is 0 Å². The van der Waals surface area contributed by atoms with Gasteiger partial charge >= 0.3 is 0 Å². The molecule has 0 bridgehead atoms. The summed E-state index contributed by atoms with van der Waals surface area (Å²) in [7, 11) is 0. The average molecular weight is 277 g/mol. The number of nitrogens with two attached hydrogens (primary N) is 2. The van der Waals surface area contributed by atoms with Crippen LogP contribution in [-0.4, -0.2) is 31.6 Å². The highest BCUT2D eigenvalue weighted by molar-refractivity contribution is 5.99. The molecule has 6 heteroatoms. The Morgan fingerprint density at radius 1 is 1.10 bits per heavy atom. The molecule has 1 fully saturated rings. The van der Waals surface area contributed by atoms with Crippen LogP contribution < -0.4 is 16.8 Å². The third-order valence-electron chi connectivity index (χ3n) is 3.44. The highest BCUT2D eigenvalue weighted by Gasteiger charge is 2.14. The second-order valence-corrected chi connectivity index (χ2v) is 4.96. The largest absolute Gasteiger partial charge is 0.385 e. The number of hydrogen-bond acceptors (Lipinski definition) is 4. The van der Waals surface area contributed by atoms with E-state index in [0.29, 0.717) is 11.6 Å². The lowest BCUT2D eigenvalue weighted by molar-refractivity contribution is 0.0699. The van der Waals surface area contributed by atoms with Crippen molar-refractivity contribution in [1.82, 2.24) is 0 Å². The van der Waals surface area contributed by atoms with Gasteiger partial charge in [0.15, 0.2) is 0 Å². The summed E-state index contributed by atoms with van der Waals surface area (Å²) >= 11 is 0. The Kier molecular flexibility index (Phi) is 4.57. The van der Waals surface area contributed by atoms with Gasteiger partial charge in [0.2, 0.25) is 11.8 Å². The van der Waals surface area contributed by atoms with E-state index in [1.54, 1.807) is 12.1 Å². The first kappa shape index (κ1) is 14.3. The second kappa shape index (κ2) is 6.38. The smallest absolute Gasteiger partial charge is 0.248 e. The molecule has 1 heterocycles. The fraction of sp³-hybridized carbons (Fsp3) is 0.429. The van der Waals surface area contributed by atoms with Gasteiger partial charge in [0.1, 0.15) is 0 Å². The molecule has 2 rings (SSSR count). The van der Waals surface area contributed by atoms with Gasteiger partial charge in [0.05, 0.1) is 0 Å². The predicted octanol–water partition coefficient (Wildman–Crippen LogP) is 0.723. The molecule has 0 radical (unpaired) electrons. The van der Waals surface area contributed by atoms with E-state index in [1.807, 2.05) is 0 Å². The topological polar surface area (TPSA) is 107 Å². The molecule has 0 aliphatic carbocycles. The monoisotopic (exact) mass is 277 g/mol. The highest BCUT2D eigenvalue weighted by atomic mass is 16.5. The molecule has 0 unspecified atom stereocenters. The number of hydrogen-bond donors (Lipinski definition) is 3. The molecule has 0 aromatic heterocycles. The zero-order chi connectivity index (χ0) is 14.5. The molecule has 1 saturated heterocycles. The first-order valence-corrected chi connectivity index (χ1v) is 6.62. The summed E-state index contributed by atoms with van der Waals surface area (Å²) in [5, 5.41) is 3.23. The van der Waals surface area contributed by atoms with Crippen molar-refractivity contribution < 1.29 is 14.3 Å². The molecule has 2 amide bonds. The molecular weight excluding hydrogens is 258 g/mol. The molecule has 1 aliphatic rings. The van der Waals surface area contributed by atoms with Gasteiger partial charge in [-0.2, -0.15) is 0 Å². The van der Waals surface area contributed by atoms with E-state index in [-0.39, 0.29) is 11.1 Å². The van der Waals surface area contributed by atoms with E-state index in [9.17, 15) is 9.59 Å². The van der Waals surface area contributed by atoms with Crippen LogP contribution in [0.15, 0.2) is 18.2 Å². The Labute approximate surface area is 117 Å². The Morgan fingerprint density at radius 2 is 1.65 bits per heavy atom. The summed E-state index contributed by atoms with van der Waals surface area (Å²) in [5.74, 6) is -0.637. The SMILES string of the molecule is NC(=O)c1cc(NCC2CCOCC2)cc(C(N)=O)c1. The van der Waals surface area contributed by atoms with E-state index in [2.05, 4.69) is 5.32 Å². The van der Waals surface area contributed by atoms with Gasteiger partial charge in [-0.15, -0.1) is 0 Å². The molecule has 5 N–H and O–H groups in total. The molecule has 0 saturated carbocycles. The number of primary amides is 2. The van der Waals surface area contributed by atoms with Crippen LogP contribution in [0.1, 0.15) is 33.6 Å². The van der Waals surface area contributed by atoms with Crippen LogP contribution in [0, 0.1) is 5.92 Å². The van der Waals surface area contributed by atoms with Crippen LogP contribution in [-0.2, 0) is 4.74 Å². The van der Waals surface area contributed by atoms with E-state index in [0.717, 1.165) is 32.6 Å². The summed E-state index contributed by atoms with van der Waals surface area (Å²) in [4.78, 5) is 22.5. The minimum atomic E-state index is -0.581. The van der Waals surface area contributed by atoms with E-state index in [1.165, 1.54) is 6.07 Å². The van der Waals surface area contributed by atoms with Gasteiger partial charge in [-0.3, -0.25) is 9.59 Å². The maximum absolute atomic E-state index is 11.3. The number of carbonyl (C=O) groups is 2. The minimum absolute atomic E-state index is 0.274. The molecule has 1 aliphatic heterocycles. The van der Waals surface area contributed by atoms with E-state index >= 15 is 0 Å². The van der Waals surface area contributed by atoms with Crippen LogP contribution in [0.4, 0.5) is 5.69 Å². The maximum Gasteiger partial charge on any atom is 0.248 e. The highest BCUT2D eigenvalue weighted by Crippen LogP contribution is 2.18. The Morgan fingerprint density at radius 3 is 2.15 bits per heavy atom. The van der Waals surface area contributed by atoms with Crippen LogP contribution in [0.25, 0.3) is 0 Å². The lowest BCUT2D eigenvalue weighted by atomic mass is 10.00. The predicted molar refractivity (Wildman–Crippen MR) is 75.5 cm³/mol. The van der Waals surface area contributed by atoms with Gasteiger partial charge in [0, 0.05) is 36.6 Å². The van der Waals surface area contributed by atoms with E-state index < -0.39 is 11.8 Å². The fourth-order valence-electron chi connectivity index (χ4n) is 2.23. The normalized spacial score (nSPS) is 15.8. The van der Waals surface area contributed by atoms with Crippen molar-refractivity contribution in [2.45, 2.75) is 12.8 Å². The zero-order valence-corrected chi connectivity index (χ0v) is 11.2. The molecule has 108 valence electrons. The van der Waals surface area contributed by atoms with Gasteiger partial charge in [-0.1, -0.05) is 0 Å². The summed E-state index contributed by atoms with van der Waals surface area (Å²) in [5.41, 5.74) is 11.7. The first-order chi connectivity index (χ1) is 9.56. The quantitative estimate of drug-likeness (QED) is 0.737. The molecule has 0 atom stereocenters. The van der Waals surface area contributed by atoms with Gasteiger partial charge in [0.25, 0.3) is 0 Å². The number of amides is 2. The lowest BCUT2D eigenvalue weighted by Crippen LogP contribution is -2.23. The molecule has 1 aromatic carbocycles. The van der Waals surface area contributed by atoms with Crippen molar-refractivity contribution in [2.24, 2.45) is 17.4 Å². The summed E-state index contributed by atoms with van der Waals surface area (Å²) in [6.45, 7) is 2.32. The van der Waals surface area contributed by atoms with Crippen LogP contribution in [0.5, 0.6) is 0 Å². The third kappa shape index (κ3) is 3.71. The van der Waals surface area contributed by atoms with Crippen molar-refractivity contribution >= 4 is 17.5 Å². The Bertz CT molecular complexity index is 478. The minimum Gasteiger partial charge on any atom is -0.385 e. The summed E-state index contributed by atoms with van der Waals surface area (Å²) in [6.07, 6.45) is 2.01. The van der Waals surface area contributed by atoms with Crippen molar-refractivity contribution in [3.8, 4) is 0 Å². The summed E-state index contributed by atoms with van der Waals surface area (Å²) < 4.78 is 5.30. The third-order valence-corrected chi connectivity index (χ3v) is 3.44. The average Bonchev–Trinajstić information content (AvgIpc) is 2.45. The molecule has 0 spiro atoms. The standard InChI is InChI=1S/C14H19N3O3/c15-13(18)10-5-11(14(16)19)7-12(6-10)17-8-9-1-3-20-4-2-9/h5-7,9,17H,1-4,8H2,(H2,15,18)(H2,16,19). The van der Waals surface area contributed by atoms with Crippen LogP contribution >= 0.6 is 0 Å². The Hall–Kier alpha value is -2.08. The fourth-order valence-corrected chi connectivity index (χ4v) is 2.23. The first-order valence-electron chi connectivity index (χ1n) is 6.62. The van der Waals surface area contributed by atoms with Crippen molar-refractivity contribution in [2.75, 3.05) is 25.1 Å². The van der Waals surface area contributed by atoms with Gasteiger partial charge in [-0.05, 0) is 37.0 Å². The number of rotatable bonds is 5. The number of anilines is 1. The van der Waals surface area contributed by atoms with Crippen molar-refractivity contribution in [3.05, 3.63) is 29.3 Å².